The predicted octanol–water partition coefficient (Wildman–Crippen LogP) is 1.71. The molecule has 0 amide bonds. The predicted molar refractivity (Wildman–Crippen MR) is 70.7 cm³/mol. The second kappa shape index (κ2) is 6.58. The molecule has 0 aliphatic heterocycles. The molecule has 16 heavy (non-hydrogen) atoms. The van der Waals surface area contributed by atoms with Gasteiger partial charge in [0, 0.05) is 18.6 Å². The third-order valence-electron chi connectivity index (χ3n) is 2.89. The Balaban J connectivity index is 4.30. The molecule has 0 spiro atoms. The Hall–Kier alpha value is -0.120. The van der Waals surface area contributed by atoms with Gasteiger partial charge in [-0.05, 0) is 47.2 Å². The fourth-order valence-electron chi connectivity index (χ4n) is 1.76. The molecule has 0 fully saturated rings. The van der Waals surface area contributed by atoms with Crippen molar-refractivity contribution in [2.24, 2.45) is 5.92 Å². The molecule has 3 heteroatoms. The summed E-state index contributed by atoms with van der Waals surface area (Å²) >= 11 is 0. The number of hydrogen-bond acceptors (Lipinski definition) is 3. The van der Waals surface area contributed by atoms with E-state index < -0.39 is 5.60 Å². The second-order valence-electron chi connectivity index (χ2n) is 6.13. The van der Waals surface area contributed by atoms with E-state index in [-0.39, 0.29) is 6.04 Å². The first-order chi connectivity index (χ1) is 7.12. The smallest absolute Gasteiger partial charge is 0.0741 e. The van der Waals surface area contributed by atoms with Crippen molar-refractivity contribution >= 4 is 0 Å². The fraction of sp³-hybridized carbons (Fsp3) is 1.00. The van der Waals surface area contributed by atoms with Gasteiger partial charge in [-0.1, -0.05) is 13.8 Å². The molecule has 0 heterocycles. The summed E-state index contributed by atoms with van der Waals surface area (Å²) in [6, 6.07) is 0.549. The average molecular weight is 230 g/mol. The largest absolute Gasteiger partial charge is 0.389 e. The Morgan fingerprint density at radius 1 is 1.19 bits per heavy atom. The van der Waals surface area contributed by atoms with Crippen LogP contribution >= 0.6 is 0 Å². The van der Waals surface area contributed by atoms with Gasteiger partial charge in [-0.15, -0.1) is 0 Å². The molecule has 98 valence electrons. The van der Waals surface area contributed by atoms with E-state index >= 15 is 0 Å². The summed E-state index contributed by atoms with van der Waals surface area (Å²) in [6.45, 7) is 11.2. The van der Waals surface area contributed by atoms with Crippen LogP contribution in [0.25, 0.3) is 0 Å². The molecule has 0 rings (SSSR count). The van der Waals surface area contributed by atoms with E-state index in [1.165, 1.54) is 0 Å². The molecule has 2 unspecified atom stereocenters. The van der Waals surface area contributed by atoms with Crippen LogP contribution in [-0.4, -0.2) is 48.3 Å². The van der Waals surface area contributed by atoms with Crippen molar-refractivity contribution in [3.8, 4) is 0 Å². The summed E-state index contributed by atoms with van der Waals surface area (Å²) in [4.78, 5) is 2.19. The highest BCUT2D eigenvalue weighted by atomic mass is 16.3. The highest BCUT2D eigenvalue weighted by Crippen LogP contribution is 2.12. The van der Waals surface area contributed by atoms with Gasteiger partial charge >= 0.3 is 0 Å². The SMILES string of the molecule is CC(C)CC(CN(C)C)NC(C)C(C)(C)O. The molecule has 2 atom stereocenters. The molecular weight excluding hydrogens is 200 g/mol. The number of rotatable bonds is 7. The maximum Gasteiger partial charge on any atom is 0.0741 e. The number of nitrogens with zero attached hydrogens (tertiary/aromatic N) is 1. The fourth-order valence-corrected chi connectivity index (χ4v) is 1.76. The van der Waals surface area contributed by atoms with Crippen LogP contribution in [0.2, 0.25) is 0 Å². The van der Waals surface area contributed by atoms with Crippen molar-refractivity contribution in [2.75, 3.05) is 20.6 Å². The van der Waals surface area contributed by atoms with E-state index in [1.54, 1.807) is 0 Å². The van der Waals surface area contributed by atoms with Crippen molar-refractivity contribution in [3.63, 3.8) is 0 Å². The lowest BCUT2D eigenvalue weighted by atomic mass is 9.97. The summed E-state index contributed by atoms with van der Waals surface area (Å²) in [5, 5.41) is 13.5. The molecule has 0 radical (unpaired) electrons. The maximum absolute atomic E-state index is 9.93. The molecule has 0 aromatic carbocycles. The van der Waals surface area contributed by atoms with Gasteiger partial charge in [0.15, 0.2) is 0 Å². The minimum absolute atomic E-state index is 0.108. The van der Waals surface area contributed by atoms with Gasteiger partial charge in [0.1, 0.15) is 0 Å². The second-order valence-corrected chi connectivity index (χ2v) is 6.13. The van der Waals surface area contributed by atoms with E-state index in [0.717, 1.165) is 13.0 Å². The Morgan fingerprint density at radius 3 is 2.00 bits per heavy atom. The van der Waals surface area contributed by atoms with Gasteiger partial charge in [0.2, 0.25) is 0 Å². The molecular formula is C13H30N2O. The number of hydrogen-bond donors (Lipinski definition) is 2. The van der Waals surface area contributed by atoms with Crippen LogP contribution in [0, 0.1) is 5.92 Å². The molecule has 0 aliphatic rings. The quantitative estimate of drug-likeness (QED) is 0.699. The van der Waals surface area contributed by atoms with Crippen molar-refractivity contribution in [3.05, 3.63) is 0 Å². The van der Waals surface area contributed by atoms with Gasteiger partial charge in [0.25, 0.3) is 0 Å². The summed E-state index contributed by atoms with van der Waals surface area (Å²) in [7, 11) is 4.17. The van der Waals surface area contributed by atoms with Gasteiger partial charge < -0.3 is 15.3 Å². The average Bonchev–Trinajstić information content (AvgIpc) is 1.98. The van der Waals surface area contributed by atoms with Crippen molar-refractivity contribution in [2.45, 2.75) is 58.7 Å². The highest BCUT2D eigenvalue weighted by molar-refractivity contribution is 4.84. The number of likely N-dealkylation sites (N-methyl/N-ethyl adjacent to an activating group) is 1. The zero-order valence-electron chi connectivity index (χ0n) is 12.0. The van der Waals surface area contributed by atoms with E-state index in [9.17, 15) is 5.11 Å². The summed E-state index contributed by atoms with van der Waals surface area (Å²) in [5.41, 5.74) is -0.665. The standard InChI is InChI=1S/C13H30N2O/c1-10(2)8-12(9-15(6)7)14-11(3)13(4,5)16/h10-12,14,16H,8-9H2,1-7H3. The lowest BCUT2D eigenvalue weighted by Gasteiger charge is -2.33. The van der Waals surface area contributed by atoms with Crippen molar-refractivity contribution < 1.29 is 5.11 Å². The molecule has 0 saturated heterocycles. The van der Waals surface area contributed by atoms with Gasteiger partial charge in [0.05, 0.1) is 5.60 Å². The minimum Gasteiger partial charge on any atom is -0.389 e. The van der Waals surface area contributed by atoms with Gasteiger partial charge in [-0.3, -0.25) is 0 Å². The summed E-state index contributed by atoms with van der Waals surface area (Å²) in [6.07, 6.45) is 1.14. The molecule has 0 aliphatic carbocycles. The van der Waals surface area contributed by atoms with E-state index in [0.29, 0.717) is 12.0 Å². The first-order valence-corrected chi connectivity index (χ1v) is 6.26. The molecule has 0 aromatic rings. The zero-order valence-corrected chi connectivity index (χ0v) is 12.0. The topological polar surface area (TPSA) is 35.5 Å². The van der Waals surface area contributed by atoms with Crippen LogP contribution in [0.5, 0.6) is 0 Å². The molecule has 0 bridgehead atoms. The Kier molecular flexibility index (Phi) is 6.53. The van der Waals surface area contributed by atoms with Crippen LogP contribution in [0.4, 0.5) is 0 Å². The van der Waals surface area contributed by atoms with Crippen LogP contribution in [0.1, 0.15) is 41.0 Å². The zero-order chi connectivity index (χ0) is 12.9. The molecule has 2 N–H and O–H groups in total. The Labute approximate surface area is 101 Å². The van der Waals surface area contributed by atoms with Crippen LogP contribution < -0.4 is 5.32 Å². The molecule has 0 aromatic heterocycles. The highest BCUT2D eigenvalue weighted by Gasteiger charge is 2.25. The van der Waals surface area contributed by atoms with E-state index in [4.69, 9.17) is 0 Å². The lowest BCUT2D eigenvalue weighted by molar-refractivity contribution is 0.0371. The Morgan fingerprint density at radius 2 is 1.69 bits per heavy atom. The van der Waals surface area contributed by atoms with Crippen LogP contribution in [0.3, 0.4) is 0 Å². The maximum atomic E-state index is 9.93. The minimum atomic E-state index is -0.665. The van der Waals surface area contributed by atoms with Gasteiger partial charge in [-0.25, -0.2) is 0 Å². The van der Waals surface area contributed by atoms with Crippen molar-refractivity contribution in [1.82, 2.24) is 10.2 Å². The monoisotopic (exact) mass is 230 g/mol. The summed E-state index contributed by atoms with van der Waals surface area (Å²) in [5.74, 6) is 0.673. The number of aliphatic hydroxyl groups is 1. The molecule has 3 nitrogen and oxygen atoms in total. The number of nitrogens with one attached hydrogen (secondary N) is 1. The molecule has 0 saturated carbocycles. The third-order valence-corrected chi connectivity index (χ3v) is 2.89. The summed E-state index contributed by atoms with van der Waals surface area (Å²) < 4.78 is 0. The first kappa shape index (κ1) is 15.9. The third kappa shape index (κ3) is 7.20. The van der Waals surface area contributed by atoms with Gasteiger partial charge in [-0.2, -0.15) is 0 Å². The van der Waals surface area contributed by atoms with E-state index in [1.807, 2.05) is 20.8 Å². The van der Waals surface area contributed by atoms with E-state index in [2.05, 4.69) is 38.2 Å². The van der Waals surface area contributed by atoms with Crippen LogP contribution in [-0.2, 0) is 0 Å². The van der Waals surface area contributed by atoms with Crippen LogP contribution in [0.15, 0.2) is 0 Å². The first-order valence-electron chi connectivity index (χ1n) is 6.26. The normalized spacial score (nSPS) is 16.9. The van der Waals surface area contributed by atoms with Crippen molar-refractivity contribution in [1.29, 1.82) is 0 Å². The lowest BCUT2D eigenvalue weighted by Crippen LogP contribution is -2.51. The Bertz CT molecular complexity index is 175.